The van der Waals surface area contributed by atoms with Gasteiger partial charge in [0.05, 0.1) is 13.7 Å². The quantitative estimate of drug-likeness (QED) is 0.941. The lowest BCUT2D eigenvalue weighted by Crippen LogP contribution is -2.55. The van der Waals surface area contributed by atoms with Crippen LogP contribution in [0, 0.1) is 11.8 Å². The van der Waals surface area contributed by atoms with Crippen LogP contribution in [-0.4, -0.2) is 29.6 Å². The van der Waals surface area contributed by atoms with Gasteiger partial charge in [-0.15, -0.1) is 0 Å². The molecule has 1 N–H and O–H groups in total. The van der Waals surface area contributed by atoms with E-state index in [2.05, 4.69) is 4.90 Å². The van der Waals surface area contributed by atoms with Gasteiger partial charge in [-0.3, -0.25) is 0 Å². The summed E-state index contributed by atoms with van der Waals surface area (Å²) in [5.41, 5.74) is -3.26. The number of aliphatic hydroxyl groups is 1. The fourth-order valence-corrected chi connectivity index (χ4v) is 3.82. The molecule has 1 unspecified atom stereocenters. The van der Waals surface area contributed by atoms with Crippen molar-refractivity contribution in [3.05, 3.63) is 71.6 Å². The maximum atomic E-state index is 12.3. The van der Waals surface area contributed by atoms with Crippen LogP contribution in [0.3, 0.4) is 0 Å². The molecule has 114 valence electrons. The predicted octanol–water partition coefficient (Wildman–Crippen LogP) is 3.26. The Labute approximate surface area is 146 Å². The number of rotatable bonds is 3. The highest BCUT2D eigenvalue weighted by Crippen LogP contribution is 2.46. The molecule has 2 bridgehead atoms. The van der Waals surface area contributed by atoms with Crippen LogP contribution in [0.25, 0.3) is 0 Å². The lowest BCUT2D eigenvalue weighted by Gasteiger charge is -2.51. The summed E-state index contributed by atoms with van der Waals surface area (Å²) in [6.45, 7) is 1.90. The topological polar surface area (TPSA) is 23.5 Å². The summed E-state index contributed by atoms with van der Waals surface area (Å²) < 4.78 is 82.1. The minimum absolute atomic E-state index is 0.0966. The van der Waals surface area contributed by atoms with Gasteiger partial charge in [0.15, 0.2) is 0 Å². The van der Waals surface area contributed by atoms with Gasteiger partial charge in [-0.1, -0.05) is 60.4 Å². The first kappa shape index (κ1) is 6.86. The monoisotopic (exact) mass is 303 g/mol. The molecule has 3 heterocycles. The fourth-order valence-electron chi connectivity index (χ4n) is 3.82. The maximum absolute atomic E-state index is 12.3. The maximum Gasteiger partial charge on any atom is 0.119 e. The van der Waals surface area contributed by atoms with E-state index in [9.17, 15) is 5.11 Å². The molecule has 2 heteroatoms. The second-order valence-corrected chi connectivity index (χ2v) is 6.01. The zero-order chi connectivity index (χ0) is 23.7. The molecule has 0 spiro atoms. The van der Waals surface area contributed by atoms with E-state index in [-0.39, 0.29) is 5.92 Å². The number of hydrogen-bond donors (Lipinski definition) is 1. The minimum Gasteiger partial charge on any atom is -0.380 e. The van der Waals surface area contributed by atoms with Crippen LogP contribution in [0.4, 0.5) is 0 Å². The highest BCUT2D eigenvalue weighted by Gasteiger charge is 2.48. The predicted molar refractivity (Wildman–Crippen MR) is 88.5 cm³/mol. The Balaban J connectivity index is 2.13. The van der Waals surface area contributed by atoms with Crippen molar-refractivity contribution < 1.29 is 18.8 Å². The zero-order valence-corrected chi connectivity index (χ0v) is 12.1. The molecule has 22 heavy (non-hydrogen) atoms. The molecule has 0 aliphatic carbocycles. The summed E-state index contributed by atoms with van der Waals surface area (Å²) >= 11 is 0. The second-order valence-electron chi connectivity index (χ2n) is 6.01. The van der Waals surface area contributed by atoms with E-state index in [0.717, 1.165) is 13.1 Å². The van der Waals surface area contributed by atoms with Crippen molar-refractivity contribution in [3.8, 4) is 0 Å². The largest absolute Gasteiger partial charge is 0.380 e. The first-order valence-electron chi connectivity index (χ1n) is 12.5. The summed E-state index contributed by atoms with van der Waals surface area (Å²) in [6.07, 6.45) is 1.40. The average Bonchev–Trinajstić information content (AvgIpc) is 2.79. The van der Waals surface area contributed by atoms with E-state index < -0.39 is 83.1 Å². The summed E-state index contributed by atoms with van der Waals surface area (Å²) in [7, 11) is 0. The van der Waals surface area contributed by atoms with E-state index in [1.807, 2.05) is 0 Å². The molecule has 0 amide bonds. The Kier molecular flexibility index (Phi) is 1.72. The molecule has 3 aliphatic heterocycles. The third-order valence-electron chi connectivity index (χ3n) is 4.96. The van der Waals surface area contributed by atoms with Crippen molar-refractivity contribution in [1.82, 2.24) is 4.90 Å². The molecule has 0 aromatic heterocycles. The first-order chi connectivity index (χ1) is 14.9. The fraction of sp³-hybridized carbons (Fsp3) is 0.400. The molecule has 3 fully saturated rings. The van der Waals surface area contributed by atoms with Gasteiger partial charge in [0.25, 0.3) is 0 Å². The number of fused-ring (bicyclic) bond motifs is 3. The molecular weight excluding hydrogens is 270 g/mol. The van der Waals surface area contributed by atoms with Crippen LogP contribution in [0.15, 0.2) is 60.4 Å². The summed E-state index contributed by atoms with van der Waals surface area (Å²) in [5, 5.41) is 12.3. The number of benzene rings is 2. The lowest BCUT2D eigenvalue weighted by atomic mass is 9.65. The standard InChI is InChI=1S/C20H23NO/c22-20(17-7-3-1-4-8-17,18-9-5-2-6-10-18)19-15-21-13-11-16(19)12-14-21/h1-10,16,19,22H,11-15H2/i1D,2D,3D,4D,5D,6D,7D,8D,9D,10D. The Hall–Kier alpha value is -1.64. The van der Waals surface area contributed by atoms with Crippen LogP contribution >= 0.6 is 0 Å². The molecule has 2 aromatic carbocycles. The van der Waals surface area contributed by atoms with Crippen LogP contribution in [0.2, 0.25) is 0 Å². The van der Waals surface area contributed by atoms with E-state index in [1.54, 1.807) is 0 Å². The molecule has 0 radical (unpaired) electrons. The molecule has 0 saturated carbocycles. The van der Waals surface area contributed by atoms with Gasteiger partial charge in [0.2, 0.25) is 0 Å². The lowest BCUT2D eigenvalue weighted by molar-refractivity contribution is -0.0764. The van der Waals surface area contributed by atoms with Crippen LogP contribution in [0.1, 0.15) is 37.7 Å². The zero-order valence-electron chi connectivity index (χ0n) is 22.1. The third-order valence-corrected chi connectivity index (χ3v) is 4.96. The van der Waals surface area contributed by atoms with Crippen LogP contribution in [-0.2, 0) is 5.60 Å². The molecule has 3 saturated heterocycles. The van der Waals surface area contributed by atoms with Crippen LogP contribution in [0.5, 0.6) is 0 Å². The average molecular weight is 303 g/mol. The van der Waals surface area contributed by atoms with Crippen molar-refractivity contribution in [2.75, 3.05) is 19.6 Å². The van der Waals surface area contributed by atoms with E-state index in [4.69, 9.17) is 13.7 Å². The molecule has 3 aliphatic rings. The van der Waals surface area contributed by atoms with Gasteiger partial charge in [-0.05, 0) is 43.0 Å². The Morgan fingerprint density at radius 2 is 1.41 bits per heavy atom. The van der Waals surface area contributed by atoms with Crippen LogP contribution < -0.4 is 0 Å². The number of nitrogens with zero attached hydrogens (tertiary/aromatic N) is 1. The highest BCUT2D eigenvalue weighted by atomic mass is 16.3. The Morgan fingerprint density at radius 3 is 1.82 bits per heavy atom. The molecule has 2 aromatic rings. The first-order valence-corrected chi connectivity index (χ1v) is 7.52. The van der Waals surface area contributed by atoms with Crippen molar-refractivity contribution >= 4 is 0 Å². The summed E-state index contributed by atoms with van der Waals surface area (Å²) in [5.74, 6) is -0.808. The van der Waals surface area contributed by atoms with Crippen molar-refractivity contribution in [3.63, 3.8) is 0 Å². The summed E-state index contributed by atoms with van der Waals surface area (Å²) in [6, 6.07) is -6.38. The second kappa shape index (κ2) is 5.53. The SMILES string of the molecule is [2H]c1c([2H])c([2H])c(C(O)(c2c([2H])c([2H])c([2H])c([2H])c2[2H])C2CN3CCC2CC3)c([2H])c1[2H]. The molecule has 2 nitrogen and oxygen atoms in total. The molecule has 1 atom stereocenters. The van der Waals surface area contributed by atoms with Gasteiger partial charge in [0, 0.05) is 12.5 Å². The van der Waals surface area contributed by atoms with Gasteiger partial charge in [-0.25, -0.2) is 0 Å². The molecule has 5 rings (SSSR count). The van der Waals surface area contributed by atoms with Crippen molar-refractivity contribution in [1.29, 1.82) is 0 Å². The Bertz CT molecular complexity index is 985. The van der Waals surface area contributed by atoms with Crippen molar-refractivity contribution in [2.24, 2.45) is 11.8 Å². The van der Waals surface area contributed by atoms with E-state index in [0.29, 0.717) is 19.4 Å². The third kappa shape index (κ3) is 2.18. The minimum atomic E-state index is -2.37. The number of hydrogen-bond acceptors (Lipinski definition) is 2. The Morgan fingerprint density at radius 1 is 0.909 bits per heavy atom. The van der Waals surface area contributed by atoms with E-state index >= 15 is 0 Å². The highest BCUT2D eigenvalue weighted by molar-refractivity contribution is 5.37. The summed E-state index contributed by atoms with van der Waals surface area (Å²) in [4.78, 5) is 2.08. The van der Waals surface area contributed by atoms with Gasteiger partial charge >= 0.3 is 0 Å². The smallest absolute Gasteiger partial charge is 0.119 e. The van der Waals surface area contributed by atoms with Gasteiger partial charge in [-0.2, -0.15) is 0 Å². The van der Waals surface area contributed by atoms with Gasteiger partial charge in [0.1, 0.15) is 5.60 Å². The molecular formula is C20H23NO. The van der Waals surface area contributed by atoms with E-state index in [1.165, 1.54) is 0 Å². The van der Waals surface area contributed by atoms with Crippen molar-refractivity contribution in [2.45, 2.75) is 18.4 Å². The van der Waals surface area contributed by atoms with Gasteiger partial charge < -0.3 is 10.0 Å². The normalized spacial score (nSPS) is 34.1. The number of piperidine rings is 3.